The topological polar surface area (TPSA) is 57.6 Å². The molecule has 4 nitrogen and oxygen atoms in total. The van der Waals surface area contributed by atoms with Gasteiger partial charge in [-0.15, -0.1) is 0 Å². The van der Waals surface area contributed by atoms with Crippen LogP contribution in [0.3, 0.4) is 0 Å². The van der Waals surface area contributed by atoms with Crippen molar-refractivity contribution in [2.75, 3.05) is 11.5 Å². The number of nitrogens with zero attached hydrogens (tertiary/aromatic N) is 1. The largest absolute Gasteiger partial charge is 0.478 e. The number of hydrogen-bond acceptors (Lipinski definition) is 3. The zero-order valence-corrected chi connectivity index (χ0v) is 12.4. The predicted molar refractivity (Wildman–Crippen MR) is 79.9 cm³/mol. The number of amides is 1. The molecule has 20 heavy (non-hydrogen) atoms. The minimum Gasteiger partial charge on any atom is -0.478 e. The lowest BCUT2D eigenvalue weighted by atomic mass is 10.1. The van der Waals surface area contributed by atoms with Crippen molar-refractivity contribution in [1.82, 2.24) is 4.90 Å². The molecule has 0 bridgehead atoms. The summed E-state index contributed by atoms with van der Waals surface area (Å²) in [5.74, 6) is 0.748. The molecule has 0 saturated carbocycles. The fourth-order valence-corrected chi connectivity index (χ4v) is 3.20. The third kappa shape index (κ3) is 3.54. The molecule has 1 aliphatic rings. The van der Waals surface area contributed by atoms with Gasteiger partial charge in [-0.25, -0.2) is 4.79 Å². The second-order valence-electron chi connectivity index (χ2n) is 4.94. The first-order valence-corrected chi connectivity index (χ1v) is 7.98. The zero-order chi connectivity index (χ0) is 14.5. The molecule has 0 aromatic heterocycles. The fraction of sp³-hybridized carbons (Fsp3) is 0.467. The maximum absolute atomic E-state index is 12.1. The third-order valence-corrected chi connectivity index (χ3v) is 4.42. The smallest absolute Gasteiger partial charge is 0.335 e. The quantitative estimate of drug-likeness (QED) is 0.819. The normalized spacial score (nSPS) is 13.3. The number of benzene rings is 1. The van der Waals surface area contributed by atoms with E-state index in [2.05, 4.69) is 6.92 Å². The van der Waals surface area contributed by atoms with Crippen molar-refractivity contribution in [1.29, 1.82) is 0 Å². The number of fused-ring (bicyclic) bond motifs is 1. The molecule has 1 amide bonds. The molecule has 0 spiro atoms. The van der Waals surface area contributed by atoms with Crippen LogP contribution in [-0.2, 0) is 17.9 Å². The molecule has 1 aliphatic heterocycles. The van der Waals surface area contributed by atoms with E-state index in [0.717, 1.165) is 29.7 Å². The van der Waals surface area contributed by atoms with Gasteiger partial charge in [-0.2, -0.15) is 11.8 Å². The molecular weight excluding hydrogens is 274 g/mol. The SMILES string of the molecule is CCCCSCC(=O)N1Cc2ccc(C(=O)O)cc2C1. The summed E-state index contributed by atoms with van der Waals surface area (Å²) in [6, 6.07) is 5.09. The lowest BCUT2D eigenvalue weighted by Crippen LogP contribution is -2.27. The van der Waals surface area contributed by atoms with Gasteiger partial charge in [-0.05, 0) is 35.4 Å². The Bertz CT molecular complexity index is 516. The van der Waals surface area contributed by atoms with Crippen LogP contribution in [0.1, 0.15) is 41.3 Å². The maximum Gasteiger partial charge on any atom is 0.335 e. The van der Waals surface area contributed by atoms with Crippen LogP contribution in [0.25, 0.3) is 0 Å². The number of rotatable bonds is 6. The van der Waals surface area contributed by atoms with Gasteiger partial charge in [0.25, 0.3) is 0 Å². The third-order valence-electron chi connectivity index (χ3n) is 3.40. The summed E-state index contributed by atoms with van der Waals surface area (Å²) in [6.07, 6.45) is 2.29. The highest BCUT2D eigenvalue weighted by atomic mass is 32.2. The van der Waals surface area contributed by atoms with Crippen LogP contribution in [0.2, 0.25) is 0 Å². The van der Waals surface area contributed by atoms with Crippen molar-refractivity contribution in [3.8, 4) is 0 Å². The van der Waals surface area contributed by atoms with Gasteiger partial charge in [0, 0.05) is 13.1 Å². The fourth-order valence-electron chi connectivity index (χ4n) is 2.20. The van der Waals surface area contributed by atoms with Gasteiger partial charge >= 0.3 is 5.97 Å². The zero-order valence-electron chi connectivity index (χ0n) is 11.6. The number of carboxylic acids is 1. The Hall–Kier alpha value is -1.49. The number of carbonyl (C=O) groups excluding carboxylic acids is 1. The molecule has 1 aromatic carbocycles. The molecule has 0 aliphatic carbocycles. The van der Waals surface area contributed by atoms with Gasteiger partial charge in [0.05, 0.1) is 11.3 Å². The van der Waals surface area contributed by atoms with Crippen molar-refractivity contribution in [3.05, 3.63) is 34.9 Å². The van der Waals surface area contributed by atoms with Crippen LogP contribution in [0.4, 0.5) is 0 Å². The minimum atomic E-state index is -0.923. The Morgan fingerprint density at radius 1 is 1.30 bits per heavy atom. The van der Waals surface area contributed by atoms with E-state index in [1.54, 1.807) is 28.8 Å². The standard InChI is InChI=1S/C15H19NO3S/c1-2-3-6-20-10-14(17)16-8-12-5-4-11(15(18)19)7-13(12)9-16/h4-5,7H,2-3,6,8-10H2,1H3,(H,18,19). The average molecular weight is 293 g/mol. The first kappa shape index (κ1) is 14.9. The number of carboxylic acid groups (broad SMARTS) is 1. The molecule has 0 unspecified atom stereocenters. The number of carbonyl (C=O) groups is 2. The van der Waals surface area contributed by atoms with E-state index >= 15 is 0 Å². The molecule has 1 N–H and O–H groups in total. The summed E-state index contributed by atoms with van der Waals surface area (Å²) in [5.41, 5.74) is 2.30. The summed E-state index contributed by atoms with van der Waals surface area (Å²) in [4.78, 5) is 24.8. The summed E-state index contributed by atoms with van der Waals surface area (Å²) in [7, 11) is 0. The lowest BCUT2D eigenvalue weighted by molar-refractivity contribution is -0.128. The first-order chi connectivity index (χ1) is 9.61. The van der Waals surface area contributed by atoms with E-state index in [1.807, 2.05) is 6.07 Å². The molecule has 0 radical (unpaired) electrons. The molecule has 108 valence electrons. The number of unbranched alkanes of at least 4 members (excludes halogenated alkanes) is 1. The van der Waals surface area contributed by atoms with Crippen LogP contribution >= 0.6 is 11.8 Å². The van der Waals surface area contributed by atoms with Gasteiger partial charge in [0.1, 0.15) is 0 Å². The Balaban J connectivity index is 1.92. The van der Waals surface area contributed by atoms with Gasteiger partial charge < -0.3 is 10.0 Å². The Morgan fingerprint density at radius 2 is 2.05 bits per heavy atom. The second kappa shape index (κ2) is 6.79. The van der Waals surface area contributed by atoms with E-state index in [-0.39, 0.29) is 11.5 Å². The predicted octanol–water partition coefficient (Wildman–Crippen LogP) is 2.76. The van der Waals surface area contributed by atoms with Crippen LogP contribution in [-0.4, -0.2) is 33.4 Å². The van der Waals surface area contributed by atoms with Crippen LogP contribution in [0, 0.1) is 0 Å². The lowest BCUT2D eigenvalue weighted by Gasteiger charge is -2.14. The first-order valence-electron chi connectivity index (χ1n) is 6.82. The summed E-state index contributed by atoms with van der Waals surface area (Å²) >= 11 is 1.67. The second-order valence-corrected chi connectivity index (χ2v) is 6.05. The minimum absolute atomic E-state index is 0.138. The Kier molecular flexibility index (Phi) is 5.06. The Labute approximate surface area is 123 Å². The van der Waals surface area contributed by atoms with Crippen molar-refractivity contribution in [2.24, 2.45) is 0 Å². The van der Waals surface area contributed by atoms with E-state index in [0.29, 0.717) is 18.8 Å². The van der Waals surface area contributed by atoms with Crippen molar-refractivity contribution < 1.29 is 14.7 Å². The summed E-state index contributed by atoms with van der Waals surface area (Å²) in [5, 5.41) is 8.97. The average Bonchev–Trinajstić information content (AvgIpc) is 2.86. The van der Waals surface area contributed by atoms with Gasteiger partial charge in [-0.3, -0.25) is 4.79 Å². The molecule has 1 heterocycles. The molecule has 0 fully saturated rings. The molecule has 1 aromatic rings. The van der Waals surface area contributed by atoms with Gasteiger partial charge in [0.2, 0.25) is 5.91 Å². The van der Waals surface area contributed by atoms with E-state index < -0.39 is 5.97 Å². The van der Waals surface area contributed by atoms with E-state index in [4.69, 9.17) is 5.11 Å². The molecule has 2 rings (SSSR count). The van der Waals surface area contributed by atoms with Crippen LogP contribution < -0.4 is 0 Å². The number of aromatic carboxylic acids is 1. The number of hydrogen-bond donors (Lipinski definition) is 1. The maximum atomic E-state index is 12.1. The monoisotopic (exact) mass is 293 g/mol. The molecule has 0 atom stereocenters. The molecule has 5 heteroatoms. The van der Waals surface area contributed by atoms with E-state index in [9.17, 15) is 9.59 Å². The van der Waals surface area contributed by atoms with Crippen LogP contribution in [0.15, 0.2) is 18.2 Å². The van der Waals surface area contributed by atoms with Crippen molar-refractivity contribution in [2.45, 2.75) is 32.9 Å². The van der Waals surface area contributed by atoms with Gasteiger partial charge in [0.15, 0.2) is 0 Å². The highest BCUT2D eigenvalue weighted by Gasteiger charge is 2.23. The molecular formula is C15H19NO3S. The van der Waals surface area contributed by atoms with E-state index in [1.165, 1.54) is 0 Å². The molecule has 0 saturated heterocycles. The van der Waals surface area contributed by atoms with Crippen molar-refractivity contribution >= 4 is 23.6 Å². The van der Waals surface area contributed by atoms with Gasteiger partial charge in [-0.1, -0.05) is 19.4 Å². The summed E-state index contributed by atoms with van der Waals surface area (Å²) in [6.45, 7) is 3.27. The summed E-state index contributed by atoms with van der Waals surface area (Å²) < 4.78 is 0. The van der Waals surface area contributed by atoms with Crippen molar-refractivity contribution in [3.63, 3.8) is 0 Å². The van der Waals surface area contributed by atoms with Crippen LogP contribution in [0.5, 0.6) is 0 Å². The number of thioether (sulfide) groups is 1. The highest BCUT2D eigenvalue weighted by molar-refractivity contribution is 7.99. The Morgan fingerprint density at radius 3 is 2.75 bits per heavy atom. The highest BCUT2D eigenvalue weighted by Crippen LogP contribution is 2.24.